The molecule has 6 nitrogen and oxygen atoms in total. The van der Waals surface area contributed by atoms with Gasteiger partial charge in [-0.3, -0.25) is 14.0 Å². The number of hydrogen-bond donors (Lipinski definition) is 0. The van der Waals surface area contributed by atoms with E-state index in [1.807, 2.05) is 0 Å². The Morgan fingerprint density at radius 1 is 0.429 bits per heavy atom. The fourth-order valence-electron chi connectivity index (χ4n) is 4.95. The molecular formula is C33H48N6Si3. The van der Waals surface area contributed by atoms with Crippen molar-refractivity contribution < 1.29 is 0 Å². The lowest BCUT2D eigenvalue weighted by molar-refractivity contribution is 1.00. The normalized spacial score (nSPS) is 17.5. The van der Waals surface area contributed by atoms with Gasteiger partial charge >= 0.3 is 0 Å². The maximum Gasteiger partial charge on any atom is 0.176 e. The van der Waals surface area contributed by atoms with E-state index in [-0.39, 0.29) is 0 Å². The van der Waals surface area contributed by atoms with Crippen molar-refractivity contribution in [3.8, 4) is 0 Å². The van der Waals surface area contributed by atoms with E-state index in [4.69, 9.17) is 15.3 Å². The first kappa shape index (κ1) is 31.7. The summed E-state index contributed by atoms with van der Waals surface area (Å²) in [6.45, 7) is 21.1. The SMILES string of the molecule is C[Si](C)(C)N(/N=C1/CC/C(=N\N(c2ccccc2)[Si](C)(C)C)C/C1=N\N(c1ccccc1)[Si](C)(C)C)c1ccccc1. The summed E-state index contributed by atoms with van der Waals surface area (Å²) in [5, 5.41) is 16.2. The predicted octanol–water partition coefficient (Wildman–Crippen LogP) is 9.26. The summed E-state index contributed by atoms with van der Waals surface area (Å²) in [5.41, 5.74) is 6.69. The molecule has 3 aromatic rings. The van der Waals surface area contributed by atoms with Crippen molar-refractivity contribution in [2.24, 2.45) is 15.3 Å². The molecule has 42 heavy (non-hydrogen) atoms. The van der Waals surface area contributed by atoms with Gasteiger partial charge in [-0.15, -0.1) is 0 Å². The Morgan fingerprint density at radius 3 is 1.12 bits per heavy atom. The Bertz CT molecular complexity index is 1400. The maximum atomic E-state index is 5.46. The largest absolute Gasteiger partial charge is 0.295 e. The van der Waals surface area contributed by atoms with Crippen molar-refractivity contribution in [3.63, 3.8) is 0 Å². The minimum atomic E-state index is -1.88. The molecule has 0 aliphatic heterocycles. The fourth-order valence-corrected chi connectivity index (χ4v) is 9.01. The highest BCUT2D eigenvalue weighted by Gasteiger charge is 2.32. The minimum absolute atomic E-state index is 0.689. The zero-order valence-corrected chi connectivity index (χ0v) is 30.0. The zero-order chi connectivity index (χ0) is 30.5. The lowest BCUT2D eigenvalue weighted by Crippen LogP contribution is -2.47. The molecule has 222 valence electrons. The summed E-state index contributed by atoms with van der Waals surface area (Å²) in [5.74, 6) is 0. The summed E-state index contributed by atoms with van der Waals surface area (Å²) in [7, 11) is -5.51. The quantitative estimate of drug-likeness (QED) is 0.179. The smallest absolute Gasteiger partial charge is 0.176 e. The van der Waals surface area contributed by atoms with Gasteiger partial charge in [0.05, 0.1) is 11.4 Å². The molecule has 0 heterocycles. The lowest BCUT2D eigenvalue weighted by atomic mass is 9.94. The van der Waals surface area contributed by atoms with Gasteiger partial charge in [-0.2, -0.15) is 15.3 Å². The lowest BCUT2D eigenvalue weighted by Gasteiger charge is -2.36. The molecule has 1 aliphatic rings. The highest BCUT2D eigenvalue weighted by Crippen LogP contribution is 2.28. The molecule has 0 amide bonds. The van der Waals surface area contributed by atoms with Crippen LogP contribution in [0.25, 0.3) is 0 Å². The third-order valence-corrected chi connectivity index (χ3v) is 11.8. The van der Waals surface area contributed by atoms with Crippen LogP contribution in [0.4, 0.5) is 17.1 Å². The standard InChI is InChI=1S/C33H48N6Si3/c1-40(2,3)37(29-19-13-10-14-20-29)34-28-25-26-32(35-38(41(4,5)6)30-21-15-11-16-22-30)33(27-28)36-39(42(7,8)9)31-23-17-12-18-24-31/h10-24H,25-27H2,1-9H3/b34-28+,35-32-,36-33+. The number of rotatable bonds is 9. The van der Waals surface area contributed by atoms with Crippen LogP contribution >= 0.6 is 0 Å². The van der Waals surface area contributed by atoms with E-state index in [1.54, 1.807) is 0 Å². The first-order valence-corrected chi connectivity index (χ1v) is 25.4. The van der Waals surface area contributed by atoms with Crippen molar-refractivity contribution in [3.05, 3.63) is 91.0 Å². The van der Waals surface area contributed by atoms with Crippen LogP contribution in [0.15, 0.2) is 106 Å². The third kappa shape index (κ3) is 8.17. The summed E-state index contributed by atoms with van der Waals surface area (Å²) in [6, 6.07) is 31.8. The van der Waals surface area contributed by atoms with Gasteiger partial charge in [0, 0.05) is 29.2 Å². The van der Waals surface area contributed by atoms with Gasteiger partial charge in [-0.1, -0.05) is 54.6 Å². The Labute approximate surface area is 256 Å². The number of hydrogen-bond acceptors (Lipinski definition) is 6. The van der Waals surface area contributed by atoms with Crippen LogP contribution in [0.3, 0.4) is 0 Å². The van der Waals surface area contributed by atoms with Gasteiger partial charge in [-0.05, 0) is 108 Å². The number of anilines is 3. The molecule has 0 bridgehead atoms. The Kier molecular flexibility index (Phi) is 9.74. The fraction of sp³-hybridized carbons (Fsp3) is 0.364. The maximum absolute atomic E-state index is 5.46. The highest BCUT2D eigenvalue weighted by atomic mass is 28.3. The molecule has 9 heteroatoms. The van der Waals surface area contributed by atoms with Crippen molar-refractivity contribution >= 4 is 58.9 Å². The van der Waals surface area contributed by atoms with Gasteiger partial charge in [0.1, 0.15) is 0 Å². The van der Waals surface area contributed by atoms with Gasteiger partial charge in [0.15, 0.2) is 24.7 Å². The zero-order valence-electron chi connectivity index (χ0n) is 27.0. The Morgan fingerprint density at radius 2 is 0.762 bits per heavy atom. The molecular weight excluding hydrogens is 565 g/mol. The van der Waals surface area contributed by atoms with E-state index in [2.05, 4.69) is 164 Å². The average Bonchev–Trinajstić information content (AvgIpc) is 2.93. The Balaban J connectivity index is 1.84. The van der Waals surface area contributed by atoms with E-state index < -0.39 is 24.7 Å². The van der Waals surface area contributed by atoms with E-state index in [0.29, 0.717) is 6.42 Å². The third-order valence-electron chi connectivity index (χ3n) is 6.95. The Hall–Kier alpha value is -3.28. The summed E-state index contributed by atoms with van der Waals surface area (Å²) in [6.07, 6.45) is 2.38. The molecule has 0 saturated heterocycles. The van der Waals surface area contributed by atoms with Crippen LogP contribution in [0, 0.1) is 0 Å². The molecule has 1 aliphatic carbocycles. The molecule has 0 unspecified atom stereocenters. The van der Waals surface area contributed by atoms with Gasteiger partial charge < -0.3 is 0 Å². The van der Waals surface area contributed by atoms with E-state index in [1.165, 1.54) is 5.71 Å². The van der Waals surface area contributed by atoms with Crippen molar-refractivity contribution in [1.29, 1.82) is 0 Å². The van der Waals surface area contributed by atoms with Crippen LogP contribution in [0.1, 0.15) is 19.3 Å². The first-order valence-electron chi connectivity index (χ1n) is 15.0. The monoisotopic (exact) mass is 612 g/mol. The molecule has 1 fully saturated rings. The van der Waals surface area contributed by atoms with Crippen molar-refractivity contribution in [2.45, 2.75) is 78.2 Å². The molecule has 0 N–H and O–H groups in total. The second-order valence-corrected chi connectivity index (χ2v) is 28.2. The van der Waals surface area contributed by atoms with E-state index in [9.17, 15) is 0 Å². The summed E-state index contributed by atoms with van der Waals surface area (Å²) < 4.78 is 6.88. The van der Waals surface area contributed by atoms with Crippen LogP contribution in [0.2, 0.25) is 58.9 Å². The summed E-state index contributed by atoms with van der Waals surface area (Å²) in [4.78, 5) is 0. The number of para-hydroxylation sites is 3. The highest BCUT2D eigenvalue weighted by molar-refractivity contribution is 6.81. The molecule has 3 aromatic carbocycles. The molecule has 0 radical (unpaired) electrons. The molecule has 0 atom stereocenters. The summed E-state index contributed by atoms with van der Waals surface area (Å²) >= 11 is 0. The van der Waals surface area contributed by atoms with Gasteiger partial charge in [0.25, 0.3) is 0 Å². The molecule has 1 saturated carbocycles. The minimum Gasteiger partial charge on any atom is -0.295 e. The van der Waals surface area contributed by atoms with Crippen LogP contribution in [0.5, 0.6) is 0 Å². The average molecular weight is 613 g/mol. The van der Waals surface area contributed by atoms with Crippen LogP contribution in [-0.2, 0) is 0 Å². The number of hydrazone groups is 3. The van der Waals surface area contributed by atoms with Crippen molar-refractivity contribution in [1.82, 2.24) is 0 Å². The van der Waals surface area contributed by atoms with Crippen molar-refractivity contribution in [2.75, 3.05) is 14.0 Å². The molecule has 0 aromatic heterocycles. The van der Waals surface area contributed by atoms with E-state index >= 15 is 0 Å². The second-order valence-electron chi connectivity index (χ2n) is 13.9. The topological polar surface area (TPSA) is 46.8 Å². The number of nitrogens with zero attached hydrogens (tertiary/aromatic N) is 6. The first-order chi connectivity index (χ1) is 19.7. The van der Waals surface area contributed by atoms with Crippen LogP contribution < -0.4 is 14.0 Å². The van der Waals surface area contributed by atoms with Crippen LogP contribution in [-0.4, -0.2) is 41.8 Å². The van der Waals surface area contributed by atoms with Gasteiger partial charge in [-0.25, -0.2) is 0 Å². The molecule has 0 spiro atoms. The second kappa shape index (κ2) is 12.9. The number of benzene rings is 3. The van der Waals surface area contributed by atoms with E-state index in [0.717, 1.165) is 41.3 Å². The molecule has 4 rings (SSSR count). The predicted molar refractivity (Wildman–Crippen MR) is 193 cm³/mol. The van der Waals surface area contributed by atoms with Gasteiger partial charge in [0.2, 0.25) is 0 Å².